The van der Waals surface area contributed by atoms with Crippen molar-refractivity contribution in [3.63, 3.8) is 0 Å². The third-order valence-electron chi connectivity index (χ3n) is 3.17. The molecule has 0 fully saturated rings. The van der Waals surface area contributed by atoms with E-state index in [0.29, 0.717) is 17.1 Å². The fourth-order valence-corrected chi connectivity index (χ4v) is 2.02. The molecular weight excluding hydrogens is 298 g/mol. The minimum atomic E-state index is -1.17. The molecule has 1 atom stereocenters. The highest BCUT2D eigenvalue weighted by Crippen LogP contribution is 2.25. The van der Waals surface area contributed by atoms with Crippen LogP contribution in [-0.4, -0.2) is 26.1 Å². The molecule has 120 valence electrons. The van der Waals surface area contributed by atoms with E-state index in [2.05, 4.69) is 0 Å². The third-order valence-corrected chi connectivity index (χ3v) is 3.17. The molecule has 0 heterocycles. The highest BCUT2D eigenvalue weighted by molar-refractivity contribution is 5.93. The molecule has 6 nitrogen and oxygen atoms in total. The van der Waals surface area contributed by atoms with Gasteiger partial charge >= 0.3 is 5.97 Å². The van der Waals surface area contributed by atoms with E-state index in [1.165, 1.54) is 26.4 Å². The molecule has 2 rings (SSSR count). The first-order valence-electron chi connectivity index (χ1n) is 6.83. The van der Waals surface area contributed by atoms with Crippen LogP contribution in [0.3, 0.4) is 0 Å². The number of hydrogen-bond donors (Lipinski definition) is 1. The summed E-state index contributed by atoms with van der Waals surface area (Å²) >= 11 is 0. The summed E-state index contributed by atoms with van der Waals surface area (Å²) in [6, 6.07) is 13.2. The van der Waals surface area contributed by atoms with Crippen molar-refractivity contribution in [3.05, 3.63) is 59.7 Å². The van der Waals surface area contributed by atoms with Crippen LogP contribution in [0, 0.1) is 0 Å². The monoisotopic (exact) mass is 315 g/mol. The van der Waals surface area contributed by atoms with Gasteiger partial charge in [-0.3, -0.25) is 4.79 Å². The number of esters is 1. The molecule has 0 aliphatic rings. The Labute approximate surface area is 133 Å². The summed E-state index contributed by atoms with van der Waals surface area (Å²) in [6.07, 6.45) is -1.17. The van der Waals surface area contributed by atoms with Crippen molar-refractivity contribution in [2.75, 3.05) is 14.2 Å². The van der Waals surface area contributed by atoms with Crippen molar-refractivity contribution in [1.82, 2.24) is 0 Å². The number of ether oxygens (including phenoxy) is 3. The van der Waals surface area contributed by atoms with Gasteiger partial charge in [-0.25, -0.2) is 4.79 Å². The number of rotatable bonds is 6. The molecule has 2 aromatic rings. The van der Waals surface area contributed by atoms with E-state index < -0.39 is 18.0 Å². The Hall–Kier alpha value is -3.02. The van der Waals surface area contributed by atoms with Crippen molar-refractivity contribution >= 4 is 11.9 Å². The first-order valence-corrected chi connectivity index (χ1v) is 6.83. The van der Waals surface area contributed by atoms with Crippen LogP contribution in [0.25, 0.3) is 0 Å². The van der Waals surface area contributed by atoms with Gasteiger partial charge in [0.15, 0.2) is 0 Å². The Morgan fingerprint density at radius 1 is 0.957 bits per heavy atom. The zero-order valence-electron chi connectivity index (χ0n) is 12.8. The Morgan fingerprint density at radius 2 is 1.52 bits per heavy atom. The van der Waals surface area contributed by atoms with E-state index in [-0.39, 0.29) is 5.56 Å². The van der Waals surface area contributed by atoms with Gasteiger partial charge in [0.25, 0.3) is 5.91 Å². The zero-order valence-corrected chi connectivity index (χ0v) is 12.8. The number of hydrogen-bond acceptors (Lipinski definition) is 5. The molecule has 0 bridgehead atoms. The summed E-state index contributed by atoms with van der Waals surface area (Å²) in [5.41, 5.74) is 6.04. The average molecular weight is 315 g/mol. The number of primary amides is 1. The van der Waals surface area contributed by atoms with E-state index in [9.17, 15) is 9.59 Å². The molecule has 0 radical (unpaired) electrons. The predicted molar refractivity (Wildman–Crippen MR) is 83.3 cm³/mol. The fourth-order valence-electron chi connectivity index (χ4n) is 2.02. The lowest BCUT2D eigenvalue weighted by molar-refractivity contribution is -0.127. The summed E-state index contributed by atoms with van der Waals surface area (Å²) in [5.74, 6) is -0.576. The predicted octanol–water partition coefficient (Wildman–Crippen LogP) is 2.09. The van der Waals surface area contributed by atoms with Crippen LogP contribution in [-0.2, 0) is 9.53 Å². The van der Waals surface area contributed by atoms with Gasteiger partial charge in [0.2, 0.25) is 6.10 Å². The molecule has 0 saturated carbocycles. The Balaban J connectivity index is 2.27. The summed E-state index contributed by atoms with van der Waals surface area (Å²) in [5, 5.41) is 0. The summed E-state index contributed by atoms with van der Waals surface area (Å²) in [7, 11) is 2.94. The molecule has 2 aromatic carbocycles. The van der Waals surface area contributed by atoms with Gasteiger partial charge in [0.05, 0.1) is 19.8 Å². The molecule has 2 N–H and O–H groups in total. The second-order valence-electron chi connectivity index (χ2n) is 4.70. The number of benzene rings is 2. The van der Waals surface area contributed by atoms with Crippen molar-refractivity contribution in [2.45, 2.75) is 6.10 Å². The molecule has 0 spiro atoms. The van der Waals surface area contributed by atoms with Crippen molar-refractivity contribution in [3.8, 4) is 11.5 Å². The van der Waals surface area contributed by atoms with E-state index in [0.717, 1.165) is 0 Å². The minimum Gasteiger partial charge on any atom is -0.497 e. The number of amides is 1. The van der Waals surface area contributed by atoms with Gasteiger partial charge < -0.3 is 19.9 Å². The molecule has 0 aliphatic heterocycles. The fraction of sp³-hybridized carbons (Fsp3) is 0.176. The molecule has 0 aliphatic carbocycles. The number of carbonyl (C=O) groups is 2. The third kappa shape index (κ3) is 4.00. The summed E-state index contributed by atoms with van der Waals surface area (Å²) in [6.45, 7) is 0. The lowest BCUT2D eigenvalue weighted by atomic mass is 10.1. The number of carbonyl (C=O) groups excluding carboxylic acids is 2. The Bertz CT molecular complexity index is 677. The molecule has 0 saturated heterocycles. The molecule has 23 heavy (non-hydrogen) atoms. The highest BCUT2D eigenvalue weighted by Gasteiger charge is 2.23. The van der Waals surface area contributed by atoms with Crippen molar-refractivity contribution in [2.24, 2.45) is 5.73 Å². The molecule has 6 heteroatoms. The van der Waals surface area contributed by atoms with E-state index in [1.807, 2.05) is 0 Å². The van der Waals surface area contributed by atoms with Crippen LogP contribution in [0.5, 0.6) is 11.5 Å². The lowest BCUT2D eigenvalue weighted by Crippen LogP contribution is -2.26. The summed E-state index contributed by atoms with van der Waals surface area (Å²) in [4.78, 5) is 23.9. The maximum Gasteiger partial charge on any atom is 0.339 e. The average Bonchev–Trinajstić information content (AvgIpc) is 2.59. The molecule has 0 unspecified atom stereocenters. The maximum atomic E-state index is 12.3. The zero-order chi connectivity index (χ0) is 16.8. The molecule has 0 aromatic heterocycles. The van der Waals surface area contributed by atoms with Gasteiger partial charge in [0, 0.05) is 11.6 Å². The van der Waals surface area contributed by atoms with Crippen LogP contribution in [0.4, 0.5) is 0 Å². The second kappa shape index (κ2) is 7.31. The standard InChI is InChI=1S/C17H17NO5/c1-21-13-8-12(9-14(10-13)22-2)17(20)23-15(16(18)19)11-6-4-3-5-7-11/h3-10,15H,1-2H3,(H2,18,19)/t15-/m1/s1. The van der Waals surface area contributed by atoms with E-state index in [1.54, 1.807) is 36.4 Å². The van der Waals surface area contributed by atoms with Gasteiger partial charge in [-0.1, -0.05) is 30.3 Å². The van der Waals surface area contributed by atoms with Gasteiger partial charge in [-0.05, 0) is 12.1 Å². The maximum absolute atomic E-state index is 12.3. The second-order valence-corrected chi connectivity index (χ2v) is 4.70. The topological polar surface area (TPSA) is 87.8 Å². The van der Waals surface area contributed by atoms with Crippen LogP contribution < -0.4 is 15.2 Å². The van der Waals surface area contributed by atoms with Crippen LogP contribution in [0.2, 0.25) is 0 Å². The van der Waals surface area contributed by atoms with Crippen molar-refractivity contribution in [1.29, 1.82) is 0 Å². The first-order chi connectivity index (χ1) is 11.0. The van der Waals surface area contributed by atoms with Gasteiger partial charge in [0.1, 0.15) is 11.5 Å². The van der Waals surface area contributed by atoms with E-state index in [4.69, 9.17) is 19.9 Å². The molecular formula is C17H17NO5. The quantitative estimate of drug-likeness (QED) is 0.825. The van der Waals surface area contributed by atoms with Gasteiger partial charge in [-0.2, -0.15) is 0 Å². The Kier molecular flexibility index (Phi) is 5.19. The summed E-state index contributed by atoms with van der Waals surface area (Å²) < 4.78 is 15.5. The number of methoxy groups -OCH3 is 2. The minimum absolute atomic E-state index is 0.198. The van der Waals surface area contributed by atoms with Crippen LogP contribution >= 0.6 is 0 Å². The van der Waals surface area contributed by atoms with Crippen molar-refractivity contribution < 1.29 is 23.8 Å². The highest BCUT2D eigenvalue weighted by atomic mass is 16.5. The van der Waals surface area contributed by atoms with Crippen LogP contribution in [0.15, 0.2) is 48.5 Å². The number of nitrogens with two attached hydrogens (primary N) is 1. The normalized spacial score (nSPS) is 11.4. The smallest absolute Gasteiger partial charge is 0.339 e. The largest absolute Gasteiger partial charge is 0.497 e. The van der Waals surface area contributed by atoms with Gasteiger partial charge in [-0.15, -0.1) is 0 Å². The lowest BCUT2D eigenvalue weighted by Gasteiger charge is -2.15. The molecule has 1 amide bonds. The Morgan fingerprint density at radius 3 is 2.00 bits per heavy atom. The SMILES string of the molecule is COc1cc(OC)cc(C(=O)O[C@@H](C(N)=O)c2ccccc2)c1. The van der Waals surface area contributed by atoms with Crippen LogP contribution in [0.1, 0.15) is 22.0 Å². The van der Waals surface area contributed by atoms with E-state index >= 15 is 0 Å². The first kappa shape index (κ1) is 16.4.